The Morgan fingerprint density at radius 1 is 0.889 bits per heavy atom. The quantitative estimate of drug-likeness (QED) is 0.696. The van der Waals surface area contributed by atoms with Gasteiger partial charge in [-0.25, -0.2) is 0 Å². The number of benzene rings is 1. The molecule has 0 fully saturated rings. The number of rotatable bonds is 6. The molecule has 1 rings (SSSR count). The molecule has 0 unspecified atom stereocenters. The molecule has 0 atom stereocenters. The summed E-state index contributed by atoms with van der Waals surface area (Å²) >= 11 is 0. The summed E-state index contributed by atoms with van der Waals surface area (Å²) in [7, 11) is 0. The molecule has 1 N–H and O–H groups in total. The highest BCUT2D eigenvalue weighted by molar-refractivity contribution is 5.60. The maximum Gasteiger partial charge on any atom is 0.0412 e. The van der Waals surface area contributed by atoms with Gasteiger partial charge in [0.15, 0.2) is 0 Å². The molecule has 0 aliphatic heterocycles. The Morgan fingerprint density at radius 2 is 1.33 bits per heavy atom. The maximum absolute atomic E-state index is 3.78. The minimum absolute atomic E-state index is 0.570. The summed E-state index contributed by atoms with van der Waals surface area (Å²) in [4.78, 5) is 0. The molecule has 0 bridgehead atoms. The van der Waals surface area contributed by atoms with Crippen molar-refractivity contribution in [2.75, 3.05) is 5.32 Å². The molecule has 0 saturated heterocycles. The fraction of sp³-hybridized carbons (Fsp3) is 0.647. The van der Waals surface area contributed by atoms with Gasteiger partial charge in [0.2, 0.25) is 0 Å². The van der Waals surface area contributed by atoms with E-state index in [4.69, 9.17) is 0 Å². The first-order valence-corrected chi connectivity index (χ1v) is 7.40. The van der Waals surface area contributed by atoms with Crippen molar-refractivity contribution in [3.8, 4) is 0 Å². The van der Waals surface area contributed by atoms with Gasteiger partial charge in [-0.05, 0) is 35.8 Å². The second kappa shape index (κ2) is 6.82. The first kappa shape index (κ1) is 15.1. The second-order valence-electron chi connectivity index (χ2n) is 5.78. The average Bonchev–Trinajstić information content (AvgIpc) is 2.35. The largest absolute Gasteiger partial charge is 0.382 e. The van der Waals surface area contributed by atoms with E-state index in [1.54, 1.807) is 0 Å². The normalized spacial score (nSPS) is 11.6. The van der Waals surface area contributed by atoms with Crippen molar-refractivity contribution in [1.82, 2.24) is 0 Å². The minimum atomic E-state index is 0.570. The van der Waals surface area contributed by atoms with Crippen LogP contribution in [0.4, 0.5) is 5.69 Å². The predicted molar refractivity (Wildman–Crippen MR) is 82.6 cm³/mol. The SMILES string of the molecule is CCC(CC)Nc1c(C(C)C)cccc1C(C)C. The molecule has 0 radical (unpaired) electrons. The highest BCUT2D eigenvalue weighted by atomic mass is 14.9. The van der Waals surface area contributed by atoms with E-state index in [1.165, 1.54) is 29.7 Å². The molecule has 0 aliphatic rings. The number of anilines is 1. The predicted octanol–water partition coefficient (Wildman–Crippen LogP) is 5.53. The lowest BCUT2D eigenvalue weighted by Gasteiger charge is -2.25. The second-order valence-corrected chi connectivity index (χ2v) is 5.78. The van der Waals surface area contributed by atoms with E-state index < -0.39 is 0 Å². The number of hydrogen-bond acceptors (Lipinski definition) is 1. The Balaban J connectivity index is 3.18. The van der Waals surface area contributed by atoms with Gasteiger partial charge in [0.05, 0.1) is 0 Å². The zero-order chi connectivity index (χ0) is 13.7. The summed E-state index contributed by atoms with van der Waals surface area (Å²) in [6.45, 7) is 13.6. The maximum atomic E-state index is 3.78. The van der Waals surface area contributed by atoms with Crippen LogP contribution in [0.1, 0.15) is 77.3 Å². The minimum Gasteiger partial charge on any atom is -0.382 e. The Morgan fingerprint density at radius 3 is 1.67 bits per heavy atom. The van der Waals surface area contributed by atoms with Gasteiger partial charge >= 0.3 is 0 Å². The van der Waals surface area contributed by atoms with Gasteiger partial charge in [0.25, 0.3) is 0 Å². The molecule has 0 heterocycles. The molecule has 18 heavy (non-hydrogen) atoms. The summed E-state index contributed by atoms with van der Waals surface area (Å²) in [5, 5.41) is 3.78. The number of nitrogens with one attached hydrogen (secondary N) is 1. The smallest absolute Gasteiger partial charge is 0.0412 e. The van der Waals surface area contributed by atoms with Crippen molar-refractivity contribution < 1.29 is 0 Å². The first-order valence-electron chi connectivity index (χ1n) is 7.40. The van der Waals surface area contributed by atoms with Crippen LogP contribution < -0.4 is 5.32 Å². The molecule has 0 spiro atoms. The van der Waals surface area contributed by atoms with Crippen LogP contribution in [-0.4, -0.2) is 6.04 Å². The van der Waals surface area contributed by atoms with Crippen LogP contribution in [-0.2, 0) is 0 Å². The molecule has 1 nitrogen and oxygen atoms in total. The van der Waals surface area contributed by atoms with Crippen LogP contribution in [0.25, 0.3) is 0 Å². The van der Waals surface area contributed by atoms with Gasteiger partial charge in [-0.3, -0.25) is 0 Å². The van der Waals surface area contributed by atoms with Crippen LogP contribution >= 0.6 is 0 Å². The number of hydrogen-bond donors (Lipinski definition) is 1. The third-order valence-corrected chi connectivity index (χ3v) is 3.71. The van der Waals surface area contributed by atoms with Crippen molar-refractivity contribution in [3.05, 3.63) is 29.3 Å². The van der Waals surface area contributed by atoms with Crippen molar-refractivity contribution in [2.45, 2.75) is 72.3 Å². The van der Waals surface area contributed by atoms with Crippen LogP contribution in [0.5, 0.6) is 0 Å². The van der Waals surface area contributed by atoms with E-state index in [0.717, 1.165) is 0 Å². The fourth-order valence-corrected chi connectivity index (χ4v) is 2.41. The molecule has 1 aromatic rings. The summed E-state index contributed by atoms with van der Waals surface area (Å²) in [6, 6.07) is 7.31. The van der Waals surface area contributed by atoms with E-state index in [0.29, 0.717) is 17.9 Å². The van der Waals surface area contributed by atoms with Gasteiger partial charge in [-0.15, -0.1) is 0 Å². The molecule has 1 aromatic carbocycles. The zero-order valence-corrected chi connectivity index (χ0v) is 12.9. The number of para-hydroxylation sites is 1. The van der Waals surface area contributed by atoms with Gasteiger partial charge in [0.1, 0.15) is 0 Å². The van der Waals surface area contributed by atoms with E-state index >= 15 is 0 Å². The lowest BCUT2D eigenvalue weighted by Crippen LogP contribution is -2.20. The Kier molecular flexibility index (Phi) is 5.71. The van der Waals surface area contributed by atoms with Gasteiger partial charge in [-0.2, -0.15) is 0 Å². The fourth-order valence-electron chi connectivity index (χ4n) is 2.41. The van der Waals surface area contributed by atoms with Crippen LogP contribution in [0, 0.1) is 0 Å². The standard InChI is InChI=1S/C17H29N/c1-7-14(8-2)18-17-15(12(3)4)10-9-11-16(17)13(5)6/h9-14,18H,7-8H2,1-6H3. The van der Waals surface area contributed by atoms with Gasteiger partial charge in [-0.1, -0.05) is 59.7 Å². The van der Waals surface area contributed by atoms with Crippen molar-refractivity contribution in [3.63, 3.8) is 0 Å². The first-order chi connectivity index (χ1) is 8.51. The van der Waals surface area contributed by atoms with Gasteiger partial charge < -0.3 is 5.32 Å². The summed E-state index contributed by atoms with van der Waals surface area (Å²) in [5.74, 6) is 1.14. The van der Waals surface area contributed by atoms with E-state index in [-0.39, 0.29) is 0 Å². The van der Waals surface area contributed by atoms with Crippen LogP contribution in [0.15, 0.2) is 18.2 Å². The highest BCUT2D eigenvalue weighted by Gasteiger charge is 2.15. The monoisotopic (exact) mass is 247 g/mol. The third kappa shape index (κ3) is 3.51. The molecular formula is C17H29N. The molecule has 0 aromatic heterocycles. The van der Waals surface area contributed by atoms with E-state index in [9.17, 15) is 0 Å². The van der Waals surface area contributed by atoms with E-state index in [1.807, 2.05) is 0 Å². The Hall–Kier alpha value is -0.980. The van der Waals surface area contributed by atoms with Gasteiger partial charge in [0, 0.05) is 11.7 Å². The Labute approximate surface area is 113 Å². The van der Waals surface area contributed by atoms with Crippen LogP contribution in [0.3, 0.4) is 0 Å². The highest BCUT2D eigenvalue weighted by Crippen LogP contribution is 2.33. The topological polar surface area (TPSA) is 12.0 Å². The zero-order valence-electron chi connectivity index (χ0n) is 12.9. The lowest BCUT2D eigenvalue weighted by molar-refractivity contribution is 0.666. The van der Waals surface area contributed by atoms with Crippen molar-refractivity contribution >= 4 is 5.69 Å². The van der Waals surface area contributed by atoms with Crippen molar-refractivity contribution in [2.24, 2.45) is 0 Å². The molecule has 1 heteroatoms. The molecule has 0 aliphatic carbocycles. The lowest BCUT2D eigenvalue weighted by atomic mass is 9.92. The average molecular weight is 247 g/mol. The summed E-state index contributed by atoms with van der Waals surface area (Å²) in [6.07, 6.45) is 2.36. The molecule has 0 saturated carbocycles. The third-order valence-electron chi connectivity index (χ3n) is 3.71. The summed E-state index contributed by atoms with van der Waals surface area (Å²) < 4.78 is 0. The Bertz CT molecular complexity index is 336. The van der Waals surface area contributed by atoms with E-state index in [2.05, 4.69) is 65.1 Å². The van der Waals surface area contributed by atoms with Crippen LogP contribution in [0.2, 0.25) is 0 Å². The van der Waals surface area contributed by atoms with Crippen molar-refractivity contribution in [1.29, 1.82) is 0 Å². The summed E-state index contributed by atoms with van der Waals surface area (Å²) in [5.41, 5.74) is 4.29. The molecule has 0 amide bonds. The molecular weight excluding hydrogens is 218 g/mol. The molecule has 102 valence electrons.